The number of fused-ring (bicyclic) bond motifs is 2. The van der Waals surface area contributed by atoms with Crippen LogP contribution < -0.4 is 0 Å². The highest BCUT2D eigenvalue weighted by Crippen LogP contribution is 2.35. The fraction of sp³-hybridized carbons (Fsp3) is 0.273. The summed E-state index contributed by atoms with van der Waals surface area (Å²) in [7, 11) is 0. The molecule has 2 heterocycles. The second-order valence-corrected chi connectivity index (χ2v) is 7.57. The van der Waals surface area contributed by atoms with Crippen molar-refractivity contribution in [1.29, 1.82) is 0 Å². The molecule has 0 spiro atoms. The molecule has 2 nitrogen and oxygen atoms in total. The first-order valence-corrected chi connectivity index (χ1v) is 9.61. The Balaban J connectivity index is 1.37. The number of hydrogen-bond acceptors (Lipinski definition) is 3. The van der Waals surface area contributed by atoms with Crippen LogP contribution in [0.4, 0.5) is 0 Å². The Hall–Kier alpha value is -1.81. The Kier molecular flexibility index (Phi) is 5.36. The van der Waals surface area contributed by atoms with Crippen molar-refractivity contribution in [2.45, 2.75) is 42.7 Å². The maximum Gasteiger partial charge on any atom is 0.102 e. The second-order valence-electron chi connectivity index (χ2n) is 6.37. The lowest BCUT2D eigenvalue weighted by Gasteiger charge is -2.30. The molecular weight excluding hydrogens is 328 g/mol. The SMILES string of the molecule is C1=C[C@@H](OCc2ccccc2)[C@H]2CCC(Sc3ccccc3)=C[C@@H]1O2. The molecule has 0 aromatic heterocycles. The standard InChI is InChI=1S/C22H22O2S/c1-3-7-17(8-4-1)16-23-21-13-11-18-15-20(12-14-22(21)24-18)25-19-9-5-2-6-10-19/h1-11,13,15,18,21-22H,12,14,16H2/t18-,21-,22-/m1/s1. The quantitative estimate of drug-likeness (QED) is 0.676. The van der Waals surface area contributed by atoms with Crippen LogP contribution >= 0.6 is 11.8 Å². The second kappa shape index (κ2) is 8.05. The summed E-state index contributed by atoms with van der Waals surface area (Å²) in [5.41, 5.74) is 1.20. The molecule has 0 radical (unpaired) electrons. The lowest BCUT2D eigenvalue weighted by Crippen LogP contribution is -2.35. The molecule has 0 unspecified atom stereocenters. The fourth-order valence-corrected chi connectivity index (χ4v) is 4.22. The third-order valence-electron chi connectivity index (χ3n) is 4.49. The van der Waals surface area contributed by atoms with E-state index in [1.807, 2.05) is 30.0 Å². The molecule has 3 heteroatoms. The smallest absolute Gasteiger partial charge is 0.102 e. The number of allylic oxidation sites excluding steroid dienone is 1. The zero-order valence-electron chi connectivity index (χ0n) is 14.1. The number of hydrogen-bond donors (Lipinski definition) is 0. The van der Waals surface area contributed by atoms with Crippen LogP contribution in [0, 0.1) is 0 Å². The normalized spacial score (nSPS) is 25.3. The van der Waals surface area contributed by atoms with Gasteiger partial charge >= 0.3 is 0 Å². The molecule has 4 rings (SSSR count). The maximum absolute atomic E-state index is 6.21. The predicted molar refractivity (Wildman–Crippen MR) is 102 cm³/mol. The van der Waals surface area contributed by atoms with Gasteiger partial charge in [0.2, 0.25) is 0 Å². The van der Waals surface area contributed by atoms with Crippen LogP contribution in [0.5, 0.6) is 0 Å². The van der Waals surface area contributed by atoms with Gasteiger partial charge in [-0.2, -0.15) is 0 Å². The van der Waals surface area contributed by atoms with Crippen molar-refractivity contribution in [2.24, 2.45) is 0 Å². The first kappa shape index (κ1) is 16.6. The molecule has 0 fully saturated rings. The molecule has 2 aliphatic rings. The van der Waals surface area contributed by atoms with E-state index in [2.05, 4.69) is 60.7 Å². The molecular formula is C22H22O2S. The molecule has 2 bridgehead atoms. The van der Waals surface area contributed by atoms with E-state index >= 15 is 0 Å². The summed E-state index contributed by atoms with van der Waals surface area (Å²) < 4.78 is 12.3. The summed E-state index contributed by atoms with van der Waals surface area (Å²) in [6, 6.07) is 20.9. The average Bonchev–Trinajstić information content (AvgIpc) is 2.82. The highest BCUT2D eigenvalue weighted by molar-refractivity contribution is 8.03. The van der Waals surface area contributed by atoms with Gasteiger partial charge in [0.05, 0.1) is 18.8 Å². The van der Waals surface area contributed by atoms with Crippen LogP contribution in [0.1, 0.15) is 18.4 Å². The van der Waals surface area contributed by atoms with Gasteiger partial charge in [0.25, 0.3) is 0 Å². The van der Waals surface area contributed by atoms with E-state index in [1.165, 1.54) is 15.4 Å². The van der Waals surface area contributed by atoms with E-state index in [4.69, 9.17) is 9.47 Å². The van der Waals surface area contributed by atoms with Crippen LogP contribution in [-0.4, -0.2) is 18.3 Å². The molecule has 2 aromatic rings. The van der Waals surface area contributed by atoms with E-state index in [1.54, 1.807) is 0 Å². The van der Waals surface area contributed by atoms with Crippen molar-refractivity contribution in [2.75, 3.05) is 0 Å². The lowest BCUT2D eigenvalue weighted by molar-refractivity contribution is -0.0764. The van der Waals surface area contributed by atoms with Crippen molar-refractivity contribution < 1.29 is 9.47 Å². The molecule has 2 aliphatic heterocycles. The maximum atomic E-state index is 6.21. The van der Waals surface area contributed by atoms with Crippen LogP contribution in [0.25, 0.3) is 0 Å². The van der Waals surface area contributed by atoms with Gasteiger partial charge in [-0.15, -0.1) is 0 Å². The van der Waals surface area contributed by atoms with Crippen molar-refractivity contribution in [3.05, 3.63) is 89.4 Å². The highest BCUT2D eigenvalue weighted by Gasteiger charge is 2.29. The molecule has 0 saturated heterocycles. The van der Waals surface area contributed by atoms with Gasteiger partial charge in [-0.3, -0.25) is 0 Å². The van der Waals surface area contributed by atoms with Crippen LogP contribution in [0.15, 0.2) is 88.7 Å². The highest BCUT2D eigenvalue weighted by atomic mass is 32.2. The third kappa shape index (κ3) is 4.43. The Morgan fingerprint density at radius 1 is 0.960 bits per heavy atom. The molecule has 0 aliphatic carbocycles. The van der Waals surface area contributed by atoms with E-state index in [-0.39, 0.29) is 18.3 Å². The first-order chi connectivity index (χ1) is 12.4. The van der Waals surface area contributed by atoms with Gasteiger partial charge in [0.15, 0.2) is 0 Å². The van der Waals surface area contributed by atoms with Gasteiger partial charge < -0.3 is 9.47 Å². The topological polar surface area (TPSA) is 18.5 Å². The van der Waals surface area contributed by atoms with Gasteiger partial charge in [-0.05, 0) is 41.5 Å². The minimum Gasteiger partial charge on any atom is -0.367 e. The zero-order chi connectivity index (χ0) is 16.9. The number of thioether (sulfide) groups is 1. The molecule has 3 atom stereocenters. The van der Waals surface area contributed by atoms with Crippen LogP contribution in [-0.2, 0) is 16.1 Å². The van der Waals surface area contributed by atoms with Crippen LogP contribution in [0.2, 0.25) is 0 Å². The minimum absolute atomic E-state index is 0.0333. The summed E-state index contributed by atoms with van der Waals surface area (Å²) in [6.45, 7) is 0.624. The van der Waals surface area contributed by atoms with E-state index in [0.29, 0.717) is 6.61 Å². The fourth-order valence-electron chi connectivity index (χ4n) is 3.20. The molecule has 25 heavy (non-hydrogen) atoms. The minimum atomic E-state index is 0.0333. The van der Waals surface area contributed by atoms with E-state index < -0.39 is 0 Å². The monoisotopic (exact) mass is 350 g/mol. The van der Waals surface area contributed by atoms with Gasteiger partial charge in [-0.1, -0.05) is 72.4 Å². The number of benzene rings is 2. The Labute approximate surface area is 153 Å². The van der Waals surface area contributed by atoms with Crippen molar-refractivity contribution in [1.82, 2.24) is 0 Å². The Morgan fingerprint density at radius 2 is 1.72 bits per heavy atom. The molecule has 2 aromatic carbocycles. The molecule has 0 saturated carbocycles. The Bertz CT molecular complexity index is 739. The first-order valence-electron chi connectivity index (χ1n) is 8.80. The molecule has 0 N–H and O–H groups in total. The van der Waals surface area contributed by atoms with Gasteiger partial charge in [0.1, 0.15) is 6.10 Å². The number of rotatable bonds is 5. The lowest BCUT2D eigenvalue weighted by atomic mass is 10.1. The van der Waals surface area contributed by atoms with E-state index in [0.717, 1.165) is 12.8 Å². The molecule has 128 valence electrons. The van der Waals surface area contributed by atoms with E-state index in [9.17, 15) is 0 Å². The largest absolute Gasteiger partial charge is 0.367 e. The summed E-state index contributed by atoms with van der Waals surface area (Å²) in [6.07, 6.45) is 8.81. The van der Waals surface area contributed by atoms with Crippen molar-refractivity contribution in [3.63, 3.8) is 0 Å². The average molecular weight is 350 g/mol. The summed E-state index contributed by atoms with van der Waals surface area (Å²) in [5.74, 6) is 0. The van der Waals surface area contributed by atoms with Crippen LogP contribution in [0.3, 0.4) is 0 Å². The summed E-state index contributed by atoms with van der Waals surface area (Å²) >= 11 is 1.84. The molecule has 0 amide bonds. The zero-order valence-corrected chi connectivity index (χ0v) is 14.9. The van der Waals surface area contributed by atoms with Gasteiger partial charge in [0, 0.05) is 4.90 Å². The predicted octanol–water partition coefficient (Wildman–Crippen LogP) is 5.37. The number of ether oxygens (including phenoxy) is 2. The van der Waals surface area contributed by atoms with Crippen molar-refractivity contribution >= 4 is 11.8 Å². The summed E-state index contributed by atoms with van der Waals surface area (Å²) in [4.78, 5) is 2.66. The van der Waals surface area contributed by atoms with Crippen molar-refractivity contribution in [3.8, 4) is 0 Å². The summed E-state index contributed by atoms with van der Waals surface area (Å²) in [5, 5.41) is 0. The third-order valence-corrected chi connectivity index (χ3v) is 5.60. The Morgan fingerprint density at radius 3 is 2.52 bits per heavy atom. The van der Waals surface area contributed by atoms with Gasteiger partial charge in [-0.25, -0.2) is 0 Å².